The highest BCUT2D eigenvalue weighted by Crippen LogP contribution is 2.37. The van der Waals surface area contributed by atoms with Crippen molar-refractivity contribution in [1.82, 2.24) is 5.32 Å². The molecule has 0 saturated carbocycles. The molecule has 15 heavy (non-hydrogen) atoms. The number of halogens is 1. The van der Waals surface area contributed by atoms with Gasteiger partial charge in [-0.15, -0.1) is 0 Å². The Morgan fingerprint density at radius 1 is 1.53 bits per heavy atom. The number of methoxy groups -OCH3 is 1. The van der Waals surface area contributed by atoms with E-state index >= 15 is 0 Å². The molecule has 1 fully saturated rings. The maximum Gasteiger partial charge on any atom is 0.161 e. The first-order valence-electron chi connectivity index (χ1n) is 4.99. The quantitative estimate of drug-likeness (QED) is 0.867. The maximum absolute atomic E-state index is 9.71. The minimum Gasteiger partial charge on any atom is -0.504 e. The normalized spacial score (nSPS) is 20.5. The Labute approximate surface area is 97.6 Å². The average Bonchev–Trinajstić information content (AvgIpc) is 2.74. The van der Waals surface area contributed by atoms with E-state index in [0.717, 1.165) is 29.5 Å². The van der Waals surface area contributed by atoms with E-state index in [4.69, 9.17) is 4.74 Å². The molecule has 82 valence electrons. The molecular weight excluding hydrogens is 258 g/mol. The summed E-state index contributed by atoms with van der Waals surface area (Å²) in [5, 5.41) is 13.0. The van der Waals surface area contributed by atoms with E-state index in [0.29, 0.717) is 11.7 Å². The minimum atomic E-state index is 0.211. The van der Waals surface area contributed by atoms with E-state index in [1.54, 1.807) is 13.2 Å². The summed E-state index contributed by atoms with van der Waals surface area (Å²) < 4.78 is 6.05. The zero-order valence-corrected chi connectivity index (χ0v) is 10.2. The van der Waals surface area contributed by atoms with Gasteiger partial charge in [-0.05, 0) is 36.6 Å². The molecule has 0 aliphatic carbocycles. The van der Waals surface area contributed by atoms with Crippen molar-refractivity contribution < 1.29 is 9.84 Å². The Morgan fingerprint density at radius 2 is 2.33 bits per heavy atom. The third-order valence-electron chi connectivity index (χ3n) is 2.80. The van der Waals surface area contributed by atoms with Gasteiger partial charge in [-0.25, -0.2) is 0 Å². The van der Waals surface area contributed by atoms with Crippen LogP contribution in [0.25, 0.3) is 0 Å². The molecule has 4 heteroatoms. The second kappa shape index (κ2) is 4.41. The fraction of sp³-hybridized carbons (Fsp3) is 0.455. The van der Waals surface area contributed by atoms with Gasteiger partial charge < -0.3 is 15.2 Å². The summed E-state index contributed by atoms with van der Waals surface area (Å²) in [7, 11) is 1.55. The number of benzene rings is 1. The van der Waals surface area contributed by atoms with Crippen molar-refractivity contribution in [2.24, 2.45) is 0 Å². The predicted octanol–water partition coefficient (Wildman–Crippen LogP) is 2.24. The SMILES string of the molecule is COc1cc(Br)c(C2CCNC2)cc1O. The van der Waals surface area contributed by atoms with Crippen molar-refractivity contribution in [3.05, 3.63) is 22.2 Å². The molecule has 1 heterocycles. The summed E-state index contributed by atoms with van der Waals surface area (Å²) in [5.74, 6) is 1.20. The Bertz CT molecular complexity index is 362. The highest BCUT2D eigenvalue weighted by atomic mass is 79.9. The van der Waals surface area contributed by atoms with Gasteiger partial charge >= 0.3 is 0 Å². The number of ether oxygens (including phenoxy) is 1. The van der Waals surface area contributed by atoms with Crippen molar-refractivity contribution in [3.8, 4) is 11.5 Å². The lowest BCUT2D eigenvalue weighted by Crippen LogP contribution is -2.08. The van der Waals surface area contributed by atoms with E-state index in [-0.39, 0.29) is 5.75 Å². The van der Waals surface area contributed by atoms with Gasteiger partial charge in [0.25, 0.3) is 0 Å². The van der Waals surface area contributed by atoms with Crippen LogP contribution in [0, 0.1) is 0 Å². The van der Waals surface area contributed by atoms with Crippen molar-refractivity contribution in [1.29, 1.82) is 0 Å². The summed E-state index contributed by atoms with van der Waals surface area (Å²) in [6.45, 7) is 2.02. The van der Waals surface area contributed by atoms with Crippen LogP contribution in [0.15, 0.2) is 16.6 Å². The second-order valence-electron chi connectivity index (χ2n) is 3.74. The molecule has 1 saturated heterocycles. The first-order chi connectivity index (χ1) is 7.22. The maximum atomic E-state index is 9.71. The number of hydrogen-bond donors (Lipinski definition) is 2. The monoisotopic (exact) mass is 271 g/mol. The molecule has 1 aliphatic rings. The Kier molecular flexibility index (Phi) is 3.17. The van der Waals surface area contributed by atoms with Crippen LogP contribution >= 0.6 is 15.9 Å². The Hall–Kier alpha value is -0.740. The van der Waals surface area contributed by atoms with Crippen LogP contribution in [-0.4, -0.2) is 25.3 Å². The molecule has 0 radical (unpaired) electrons. The third-order valence-corrected chi connectivity index (χ3v) is 3.49. The van der Waals surface area contributed by atoms with Crippen LogP contribution in [0.1, 0.15) is 17.9 Å². The molecular formula is C11H14BrNO2. The summed E-state index contributed by atoms with van der Waals surface area (Å²) in [6.07, 6.45) is 1.12. The number of aromatic hydroxyl groups is 1. The summed E-state index contributed by atoms with van der Waals surface area (Å²) >= 11 is 3.51. The lowest BCUT2D eigenvalue weighted by molar-refractivity contribution is 0.372. The number of hydrogen-bond acceptors (Lipinski definition) is 3. The van der Waals surface area contributed by atoms with Gasteiger partial charge in [0.15, 0.2) is 11.5 Å². The molecule has 1 unspecified atom stereocenters. The van der Waals surface area contributed by atoms with Gasteiger partial charge in [0.2, 0.25) is 0 Å². The third kappa shape index (κ3) is 2.11. The number of nitrogens with one attached hydrogen (secondary N) is 1. The molecule has 1 aromatic rings. The summed E-state index contributed by atoms with van der Waals surface area (Å²) in [4.78, 5) is 0. The lowest BCUT2D eigenvalue weighted by Gasteiger charge is -2.13. The molecule has 2 rings (SSSR count). The molecule has 1 aliphatic heterocycles. The number of phenols is 1. The predicted molar refractivity (Wildman–Crippen MR) is 62.6 cm³/mol. The molecule has 3 nitrogen and oxygen atoms in total. The number of phenolic OH excluding ortho intramolecular Hbond substituents is 1. The fourth-order valence-electron chi connectivity index (χ4n) is 1.96. The first-order valence-corrected chi connectivity index (χ1v) is 5.78. The van der Waals surface area contributed by atoms with Crippen molar-refractivity contribution in [3.63, 3.8) is 0 Å². The van der Waals surface area contributed by atoms with E-state index in [1.807, 2.05) is 6.07 Å². The molecule has 2 N–H and O–H groups in total. The van der Waals surface area contributed by atoms with Crippen molar-refractivity contribution in [2.45, 2.75) is 12.3 Å². The van der Waals surface area contributed by atoms with Crippen LogP contribution < -0.4 is 10.1 Å². The molecule has 0 bridgehead atoms. The summed E-state index contributed by atoms with van der Waals surface area (Å²) in [5.41, 5.74) is 1.15. The number of rotatable bonds is 2. The van der Waals surface area contributed by atoms with Gasteiger partial charge in [-0.3, -0.25) is 0 Å². The van der Waals surface area contributed by atoms with Gasteiger partial charge in [0.1, 0.15) is 0 Å². The first kappa shape index (κ1) is 10.8. The zero-order chi connectivity index (χ0) is 10.8. The van der Waals surface area contributed by atoms with Gasteiger partial charge in [0.05, 0.1) is 7.11 Å². The highest BCUT2D eigenvalue weighted by Gasteiger charge is 2.20. The molecule has 0 amide bonds. The fourth-order valence-corrected chi connectivity index (χ4v) is 2.60. The largest absolute Gasteiger partial charge is 0.504 e. The smallest absolute Gasteiger partial charge is 0.161 e. The Morgan fingerprint density at radius 3 is 2.93 bits per heavy atom. The van der Waals surface area contributed by atoms with Crippen LogP contribution in [0.2, 0.25) is 0 Å². The van der Waals surface area contributed by atoms with Crippen LogP contribution in [0.4, 0.5) is 0 Å². The van der Waals surface area contributed by atoms with Gasteiger partial charge in [-0.1, -0.05) is 15.9 Å². The van der Waals surface area contributed by atoms with E-state index in [9.17, 15) is 5.11 Å². The van der Waals surface area contributed by atoms with Crippen LogP contribution in [-0.2, 0) is 0 Å². The van der Waals surface area contributed by atoms with Gasteiger partial charge in [0, 0.05) is 11.0 Å². The molecule has 1 atom stereocenters. The van der Waals surface area contributed by atoms with E-state index in [1.165, 1.54) is 0 Å². The summed E-state index contributed by atoms with van der Waals surface area (Å²) in [6, 6.07) is 3.61. The average molecular weight is 272 g/mol. The van der Waals surface area contributed by atoms with Crippen molar-refractivity contribution >= 4 is 15.9 Å². The molecule has 0 spiro atoms. The van der Waals surface area contributed by atoms with E-state index < -0.39 is 0 Å². The van der Waals surface area contributed by atoms with Gasteiger partial charge in [-0.2, -0.15) is 0 Å². The van der Waals surface area contributed by atoms with Crippen LogP contribution in [0.3, 0.4) is 0 Å². The second-order valence-corrected chi connectivity index (χ2v) is 4.59. The zero-order valence-electron chi connectivity index (χ0n) is 8.59. The Balaban J connectivity index is 2.35. The molecule has 1 aromatic carbocycles. The van der Waals surface area contributed by atoms with Crippen LogP contribution in [0.5, 0.6) is 11.5 Å². The van der Waals surface area contributed by atoms with Crippen molar-refractivity contribution in [2.75, 3.05) is 20.2 Å². The minimum absolute atomic E-state index is 0.211. The van der Waals surface area contributed by atoms with E-state index in [2.05, 4.69) is 21.2 Å². The highest BCUT2D eigenvalue weighted by molar-refractivity contribution is 9.10. The lowest BCUT2D eigenvalue weighted by atomic mass is 9.98. The molecule has 0 aromatic heterocycles. The standard InChI is InChI=1S/C11H14BrNO2/c1-15-11-5-9(12)8(4-10(11)14)7-2-3-13-6-7/h4-5,7,13-14H,2-3,6H2,1H3. The topological polar surface area (TPSA) is 41.5 Å².